The van der Waals surface area contributed by atoms with Gasteiger partial charge < -0.3 is 50.5 Å². The Bertz CT molecular complexity index is 1560. The molecule has 1 fully saturated rings. The number of rotatable bonds is 74. The first-order valence-corrected chi connectivity index (χ1v) is 41.2. The molecule has 11 heteroatoms. The van der Waals surface area contributed by atoms with Crippen LogP contribution in [0.3, 0.4) is 0 Å². The third-order valence-corrected chi connectivity index (χ3v) is 20.2. The zero-order valence-corrected chi connectivity index (χ0v) is 61.5. The van der Waals surface area contributed by atoms with Gasteiger partial charge in [-0.15, -0.1) is 0 Å². The van der Waals surface area contributed by atoms with Crippen LogP contribution in [-0.4, -0.2) is 110 Å². The van der Waals surface area contributed by atoms with Crippen molar-refractivity contribution in [2.45, 2.75) is 480 Å². The summed E-state index contributed by atoms with van der Waals surface area (Å²) in [7, 11) is 0. The molecule has 11 nitrogen and oxygen atoms in total. The first-order valence-electron chi connectivity index (χ1n) is 41.2. The van der Waals surface area contributed by atoms with Crippen molar-refractivity contribution in [2.75, 3.05) is 13.2 Å². The molecule has 0 aromatic rings. The van der Waals surface area contributed by atoms with Crippen molar-refractivity contribution in [3.05, 3.63) is 24.3 Å². The molecule has 0 bridgehead atoms. The van der Waals surface area contributed by atoms with Crippen molar-refractivity contribution in [1.82, 2.24) is 5.32 Å². The third-order valence-electron chi connectivity index (χ3n) is 20.2. The Morgan fingerprint density at radius 3 is 0.957 bits per heavy atom. The zero-order chi connectivity index (χ0) is 67.4. The number of nitrogens with one attached hydrogen (secondary N) is 1. The predicted molar refractivity (Wildman–Crippen MR) is 395 cm³/mol. The van der Waals surface area contributed by atoms with Crippen LogP contribution in [0, 0.1) is 0 Å². The Morgan fingerprint density at radius 1 is 0.366 bits per heavy atom. The van der Waals surface area contributed by atoms with Gasteiger partial charge in [0.2, 0.25) is 5.91 Å². The van der Waals surface area contributed by atoms with E-state index in [4.69, 9.17) is 9.47 Å². The minimum atomic E-state index is -1.67. The van der Waals surface area contributed by atoms with Crippen molar-refractivity contribution in [2.24, 2.45) is 0 Å². The summed E-state index contributed by atoms with van der Waals surface area (Å²) in [4.78, 5) is 13.3. The first kappa shape index (κ1) is 89.6. The van der Waals surface area contributed by atoms with Gasteiger partial charge in [-0.2, -0.15) is 0 Å². The van der Waals surface area contributed by atoms with Crippen molar-refractivity contribution >= 4 is 5.91 Å². The van der Waals surface area contributed by atoms with Crippen LogP contribution in [0.25, 0.3) is 0 Å². The van der Waals surface area contributed by atoms with Crippen LogP contribution in [0.15, 0.2) is 24.3 Å². The normalized spacial score (nSPS) is 18.3. The van der Waals surface area contributed by atoms with E-state index in [1.807, 2.05) is 0 Å². The average molecular weight is 1320 g/mol. The van der Waals surface area contributed by atoms with Gasteiger partial charge in [0.05, 0.1) is 25.4 Å². The van der Waals surface area contributed by atoms with E-state index in [2.05, 4.69) is 43.5 Å². The number of aliphatic hydroxyl groups excluding tert-OH is 7. The Kier molecular flexibility index (Phi) is 67.9. The number of carbonyl (C=O) groups excluding carboxylic acids is 1. The molecule has 9 atom stereocenters. The number of unbranched alkanes of at least 4 members (excludes halogenated alkanes) is 58. The fourth-order valence-electron chi connectivity index (χ4n) is 13.7. The molecule has 93 heavy (non-hydrogen) atoms. The summed E-state index contributed by atoms with van der Waals surface area (Å²) in [6.45, 7) is 3.51. The maximum Gasteiger partial charge on any atom is 0.249 e. The van der Waals surface area contributed by atoms with E-state index in [1.54, 1.807) is 0 Å². The van der Waals surface area contributed by atoms with Gasteiger partial charge in [-0.3, -0.25) is 4.79 Å². The summed E-state index contributed by atoms with van der Waals surface area (Å²) in [5, 5.41) is 76.7. The van der Waals surface area contributed by atoms with Gasteiger partial charge in [0.1, 0.15) is 36.6 Å². The summed E-state index contributed by atoms with van der Waals surface area (Å²) in [6, 6.07) is -1.19. The lowest BCUT2D eigenvalue weighted by Crippen LogP contribution is -2.60. The maximum absolute atomic E-state index is 13.3. The van der Waals surface area contributed by atoms with Crippen LogP contribution < -0.4 is 5.32 Å². The lowest BCUT2D eigenvalue weighted by atomic mass is 9.98. The maximum atomic E-state index is 13.3. The van der Waals surface area contributed by atoms with E-state index < -0.39 is 74.2 Å². The number of amides is 1. The van der Waals surface area contributed by atoms with Gasteiger partial charge in [-0.25, -0.2) is 0 Å². The van der Waals surface area contributed by atoms with Crippen molar-refractivity contribution < 1.29 is 50.0 Å². The van der Waals surface area contributed by atoms with E-state index in [-0.39, 0.29) is 12.8 Å². The zero-order valence-electron chi connectivity index (χ0n) is 61.5. The molecule has 0 aromatic carbocycles. The molecule has 0 saturated carbocycles. The highest BCUT2D eigenvalue weighted by molar-refractivity contribution is 5.80. The fraction of sp³-hybridized carbons (Fsp3) is 0.939. The molecular weight excluding hydrogens is 1160 g/mol. The highest BCUT2D eigenvalue weighted by Gasteiger charge is 2.44. The highest BCUT2D eigenvalue weighted by Crippen LogP contribution is 2.25. The quantitative estimate of drug-likeness (QED) is 0.0215. The number of aliphatic hydroxyl groups is 7. The van der Waals surface area contributed by atoms with Crippen LogP contribution in [0.5, 0.6) is 0 Å². The van der Waals surface area contributed by atoms with E-state index in [0.29, 0.717) is 19.3 Å². The van der Waals surface area contributed by atoms with Crippen LogP contribution in [0.1, 0.15) is 425 Å². The van der Waals surface area contributed by atoms with Gasteiger partial charge in [0, 0.05) is 0 Å². The molecule has 1 heterocycles. The number of allylic oxidation sites excluding steroid dienone is 4. The topological polar surface area (TPSA) is 189 Å². The molecule has 1 aliphatic rings. The molecule has 0 radical (unpaired) electrons. The summed E-state index contributed by atoms with van der Waals surface area (Å²) in [6.07, 6.45) is 80.4. The van der Waals surface area contributed by atoms with Gasteiger partial charge in [-0.05, 0) is 51.4 Å². The highest BCUT2D eigenvalue weighted by atomic mass is 16.7. The van der Waals surface area contributed by atoms with Gasteiger partial charge >= 0.3 is 0 Å². The van der Waals surface area contributed by atoms with Crippen molar-refractivity contribution in [1.29, 1.82) is 0 Å². The second-order valence-electron chi connectivity index (χ2n) is 29.2. The molecule has 1 amide bonds. The molecule has 1 aliphatic heterocycles. The first-order chi connectivity index (χ1) is 45.7. The Labute approximate surface area is 575 Å². The Hall–Kier alpha value is -1.41. The van der Waals surface area contributed by atoms with E-state index in [9.17, 15) is 40.5 Å². The molecule has 9 unspecified atom stereocenters. The monoisotopic (exact) mass is 1320 g/mol. The van der Waals surface area contributed by atoms with Crippen molar-refractivity contribution in [3.8, 4) is 0 Å². The standard InChI is InChI=1S/C82H159NO10/c1-3-5-7-9-11-13-15-17-19-21-23-25-27-29-31-33-34-35-36-37-38-39-40-41-42-44-46-48-50-52-54-56-58-60-62-64-66-68-70-75(86)81(91)83-73(72-92-82-80(90)79(89)78(88)76(71-84)93-82)77(87)74(85)69-67-65-63-61-59-57-55-53-51-49-47-45-43-32-30-28-26-24-22-20-18-16-14-12-10-8-6-4-2/h53,55,61,63,73-80,82,84-90H,3-52,54,56-60,62,64-72H2,1-2H3,(H,83,91)/b55-53+,63-61+. The van der Waals surface area contributed by atoms with Crippen LogP contribution in [0.2, 0.25) is 0 Å². The SMILES string of the molecule is CCCCCCCCCCCCCCCCCCCCC/C=C/CC/C=C/CCCC(O)C(O)C(COC1OC(CO)C(O)C(O)C1O)NC(=O)C(O)CCCCCCCCCCCCCCCCCCCCCCCCCCCCCCCCCCCCCCCC. The van der Waals surface area contributed by atoms with Gasteiger partial charge in [0.15, 0.2) is 6.29 Å². The minimum absolute atomic E-state index is 0.250. The van der Waals surface area contributed by atoms with Gasteiger partial charge in [0.25, 0.3) is 0 Å². The number of ether oxygens (including phenoxy) is 2. The number of carbonyl (C=O) groups is 1. The van der Waals surface area contributed by atoms with Crippen LogP contribution >= 0.6 is 0 Å². The third kappa shape index (κ3) is 57.1. The Morgan fingerprint density at radius 2 is 0.645 bits per heavy atom. The second kappa shape index (κ2) is 70.5. The molecule has 0 spiro atoms. The van der Waals surface area contributed by atoms with E-state index in [1.165, 1.54) is 340 Å². The largest absolute Gasteiger partial charge is 0.394 e. The molecule has 1 saturated heterocycles. The molecule has 0 aromatic heterocycles. The number of hydrogen-bond acceptors (Lipinski definition) is 10. The summed E-state index contributed by atoms with van der Waals surface area (Å²) < 4.78 is 11.2. The van der Waals surface area contributed by atoms with Gasteiger partial charge in [-0.1, -0.05) is 398 Å². The molecule has 8 N–H and O–H groups in total. The van der Waals surface area contributed by atoms with Crippen LogP contribution in [0.4, 0.5) is 0 Å². The molecule has 1 rings (SSSR count). The summed E-state index contributed by atoms with van der Waals surface area (Å²) >= 11 is 0. The number of hydrogen-bond donors (Lipinski definition) is 8. The fourth-order valence-corrected chi connectivity index (χ4v) is 13.7. The molecule has 0 aliphatic carbocycles. The molecule has 552 valence electrons. The Balaban J connectivity index is 2.12. The lowest BCUT2D eigenvalue weighted by molar-refractivity contribution is -0.303. The van der Waals surface area contributed by atoms with Crippen LogP contribution in [-0.2, 0) is 14.3 Å². The average Bonchev–Trinajstić information content (AvgIpc) is 1.04. The lowest BCUT2D eigenvalue weighted by Gasteiger charge is -2.40. The summed E-state index contributed by atoms with van der Waals surface area (Å²) in [5.41, 5.74) is 0. The van der Waals surface area contributed by atoms with E-state index >= 15 is 0 Å². The second-order valence-corrected chi connectivity index (χ2v) is 29.2. The minimum Gasteiger partial charge on any atom is -0.394 e. The van der Waals surface area contributed by atoms with E-state index in [0.717, 1.165) is 38.5 Å². The smallest absolute Gasteiger partial charge is 0.249 e. The van der Waals surface area contributed by atoms with Crippen molar-refractivity contribution in [3.63, 3.8) is 0 Å². The predicted octanol–water partition coefficient (Wildman–Crippen LogP) is 21.5. The summed E-state index contributed by atoms with van der Waals surface area (Å²) in [5.74, 6) is -0.701. The molecular formula is C82H159NO10.